The van der Waals surface area contributed by atoms with Crippen molar-refractivity contribution in [1.29, 1.82) is 0 Å². The summed E-state index contributed by atoms with van der Waals surface area (Å²) in [5, 5.41) is 3.46. The van der Waals surface area contributed by atoms with Gasteiger partial charge in [0, 0.05) is 10.2 Å². The molecule has 0 fully saturated rings. The molecule has 0 amide bonds. The molecule has 0 aliphatic heterocycles. The zero-order chi connectivity index (χ0) is 14.1. The second-order valence-electron chi connectivity index (χ2n) is 4.22. The van der Waals surface area contributed by atoms with Gasteiger partial charge in [0.05, 0.1) is 6.33 Å². The molecule has 102 valence electrons. The number of anilines is 2. The SMILES string of the molecule is CCc1cc(Br)ccc1Nc1nc(Cl)nc2nc[nH]c12. The molecule has 0 saturated carbocycles. The van der Waals surface area contributed by atoms with Gasteiger partial charge in [0.1, 0.15) is 5.52 Å². The largest absolute Gasteiger partial charge is 0.340 e. The second-order valence-corrected chi connectivity index (χ2v) is 5.48. The van der Waals surface area contributed by atoms with Crippen molar-refractivity contribution in [2.75, 3.05) is 5.32 Å². The van der Waals surface area contributed by atoms with Crippen LogP contribution >= 0.6 is 27.5 Å². The van der Waals surface area contributed by atoms with Crippen LogP contribution in [-0.2, 0) is 6.42 Å². The van der Waals surface area contributed by atoms with Gasteiger partial charge in [0.15, 0.2) is 11.5 Å². The highest BCUT2D eigenvalue weighted by Gasteiger charge is 2.10. The number of imidazole rings is 1. The van der Waals surface area contributed by atoms with Gasteiger partial charge in [0.25, 0.3) is 0 Å². The lowest BCUT2D eigenvalue weighted by Gasteiger charge is -2.11. The Hall–Kier alpha value is -1.66. The van der Waals surface area contributed by atoms with E-state index in [1.54, 1.807) is 6.33 Å². The number of hydrogen-bond acceptors (Lipinski definition) is 4. The molecule has 0 aliphatic carbocycles. The van der Waals surface area contributed by atoms with Crippen molar-refractivity contribution in [3.05, 3.63) is 39.8 Å². The van der Waals surface area contributed by atoms with E-state index in [-0.39, 0.29) is 5.28 Å². The average Bonchev–Trinajstić information content (AvgIpc) is 2.88. The number of halogens is 2. The zero-order valence-corrected chi connectivity index (χ0v) is 13.0. The summed E-state index contributed by atoms with van der Waals surface area (Å²) in [5.41, 5.74) is 3.45. The van der Waals surface area contributed by atoms with Gasteiger partial charge < -0.3 is 10.3 Å². The average molecular weight is 353 g/mol. The molecule has 7 heteroatoms. The first-order valence-electron chi connectivity index (χ1n) is 6.09. The number of hydrogen-bond donors (Lipinski definition) is 2. The molecule has 0 aliphatic rings. The summed E-state index contributed by atoms with van der Waals surface area (Å²) in [6, 6.07) is 6.06. The molecule has 0 spiro atoms. The smallest absolute Gasteiger partial charge is 0.226 e. The van der Waals surface area contributed by atoms with Crippen molar-refractivity contribution in [1.82, 2.24) is 19.9 Å². The number of aromatic nitrogens is 4. The van der Waals surface area contributed by atoms with Gasteiger partial charge in [0.2, 0.25) is 5.28 Å². The van der Waals surface area contributed by atoms with Gasteiger partial charge in [-0.2, -0.15) is 9.97 Å². The highest BCUT2D eigenvalue weighted by Crippen LogP contribution is 2.27. The van der Waals surface area contributed by atoms with E-state index < -0.39 is 0 Å². The number of rotatable bonds is 3. The molecule has 3 rings (SSSR count). The fourth-order valence-corrected chi connectivity index (χ4v) is 2.57. The van der Waals surface area contributed by atoms with E-state index in [9.17, 15) is 0 Å². The monoisotopic (exact) mass is 351 g/mol. The van der Waals surface area contributed by atoms with Gasteiger partial charge in [-0.05, 0) is 41.8 Å². The van der Waals surface area contributed by atoms with Crippen LogP contribution in [0.1, 0.15) is 12.5 Å². The number of nitrogens with one attached hydrogen (secondary N) is 2. The molecular formula is C13H11BrClN5. The molecule has 20 heavy (non-hydrogen) atoms. The molecule has 5 nitrogen and oxygen atoms in total. The Morgan fingerprint density at radius 2 is 2.20 bits per heavy atom. The highest BCUT2D eigenvalue weighted by atomic mass is 79.9. The maximum absolute atomic E-state index is 5.92. The summed E-state index contributed by atoms with van der Waals surface area (Å²) >= 11 is 9.40. The van der Waals surface area contributed by atoms with Gasteiger partial charge in [-0.1, -0.05) is 22.9 Å². The predicted octanol–water partition coefficient (Wildman–Crippen LogP) is 4.07. The summed E-state index contributed by atoms with van der Waals surface area (Å²) in [4.78, 5) is 15.4. The highest BCUT2D eigenvalue weighted by molar-refractivity contribution is 9.10. The van der Waals surface area contributed by atoms with Crippen LogP contribution in [0.3, 0.4) is 0 Å². The van der Waals surface area contributed by atoms with Crippen LogP contribution < -0.4 is 5.32 Å². The van der Waals surface area contributed by atoms with Crippen molar-refractivity contribution >= 4 is 50.2 Å². The standard InChI is InChI=1S/C13H11BrClN5/c1-2-7-5-8(14)3-4-9(7)18-12-10-11(17-6-16-10)19-13(15)20-12/h3-6H,2H2,1H3,(H2,16,17,18,19,20). The molecule has 0 radical (unpaired) electrons. The van der Waals surface area contributed by atoms with Crippen LogP contribution in [0.4, 0.5) is 11.5 Å². The molecule has 1 aromatic carbocycles. The minimum Gasteiger partial charge on any atom is -0.340 e. The van der Waals surface area contributed by atoms with Crippen LogP contribution in [0.25, 0.3) is 11.2 Å². The number of aromatic amines is 1. The van der Waals surface area contributed by atoms with Gasteiger partial charge in [-0.25, -0.2) is 4.98 Å². The van der Waals surface area contributed by atoms with Gasteiger partial charge in [-0.15, -0.1) is 0 Å². The van der Waals surface area contributed by atoms with E-state index in [1.165, 1.54) is 5.56 Å². The maximum atomic E-state index is 5.92. The van der Waals surface area contributed by atoms with Crippen molar-refractivity contribution in [2.24, 2.45) is 0 Å². The topological polar surface area (TPSA) is 66.5 Å². The Balaban J connectivity index is 2.07. The van der Waals surface area contributed by atoms with Crippen LogP contribution in [-0.4, -0.2) is 19.9 Å². The number of aryl methyl sites for hydroxylation is 1. The third kappa shape index (κ3) is 2.48. The molecule has 2 N–H and O–H groups in total. The molecule has 0 saturated heterocycles. The summed E-state index contributed by atoms with van der Waals surface area (Å²) in [7, 11) is 0. The Morgan fingerprint density at radius 3 is 3.00 bits per heavy atom. The third-order valence-electron chi connectivity index (χ3n) is 2.96. The molecule has 0 bridgehead atoms. The predicted molar refractivity (Wildman–Crippen MR) is 83.5 cm³/mol. The van der Waals surface area contributed by atoms with Gasteiger partial charge >= 0.3 is 0 Å². The van der Waals surface area contributed by atoms with Crippen LogP contribution in [0.5, 0.6) is 0 Å². The van der Waals surface area contributed by atoms with E-state index in [2.05, 4.69) is 54.2 Å². The summed E-state index contributed by atoms with van der Waals surface area (Å²) in [6.07, 6.45) is 2.48. The number of benzene rings is 1. The first-order valence-corrected chi connectivity index (χ1v) is 7.26. The van der Waals surface area contributed by atoms with Gasteiger partial charge in [-0.3, -0.25) is 0 Å². The number of fused-ring (bicyclic) bond motifs is 1. The normalized spacial score (nSPS) is 10.9. The minimum absolute atomic E-state index is 0.169. The molecule has 0 unspecified atom stereocenters. The number of nitrogens with zero attached hydrogens (tertiary/aromatic N) is 3. The van der Waals surface area contributed by atoms with E-state index in [4.69, 9.17) is 11.6 Å². The van der Waals surface area contributed by atoms with E-state index in [0.29, 0.717) is 11.5 Å². The van der Waals surface area contributed by atoms with E-state index in [0.717, 1.165) is 22.1 Å². The van der Waals surface area contributed by atoms with E-state index in [1.807, 2.05) is 12.1 Å². The summed E-state index contributed by atoms with van der Waals surface area (Å²) in [5.74, 6) is 0.620. The van der Waals surface area contributed by atoms with Crippen molar-refractivity contribution in [3.8, 4) is 0 Å². The lowest BCUT2D eigenvalue weighted by atomic mass is 10.1. The van der Waals surface area contributed by atoms with Crippen molar-refractivity contribution < 1.29 is 0 Å². The molecule has 2 heterocycles. The second kappa shape index (κ2) is 5.38. The Kier molecular flexibility index (Phi) is 3.58. The lowest BCUT2D eigenvalue weighted by Crippen LogP contribution is -2.00. The first-order chi connectivity index (χ1) is 9.67. The first kappa shape index (κ1) is 13.3. The van der Waals surface area contributed by atoms with Crippen molar-refractivity contribution in [3.63, 3.8) is 0 Å². The Bertz CT molecular complexity index is 771. The van der Waals surface area contributed by atoms with Crippen molar-refractivity contribution in [2.45, 2.75) is 13.3 Å². The third-order valence-corrected chi connectivity index (χ3v) is 3.62. The van der Waals surface area contributed by atoms with Crippen LogP contribution in [0, 0.1) is 0 Å². The van der Waals surface area contributed by atoms with E-state index >= 15 is 0 Å². The lowest BCUT2D eigenvalue weighted by molar-refractivity contribution is 1.13. The van der Waals surface area contributed by atoms with Crippen LogP contribution in [0.2, 0.25) is 5.28 Å². The maximum Gasteiger partial charge on any atom is 0.226 e. The summed E-state index contributed by atoms with van der Waals surface area (Å²) < 4.78 is 1.05. The zero-order valence-electron chi connectivity index (χ0n) is 10.6. The molecule has 2 aromatic heterocycles. The van der Waals surface area contributed by atoms with Crippen LogP contribution in [0.15, 0.2) is 29.0 Å². The minimum atomic E-state index is 0.169. The fourth-order valence-electron chi connectivity index (χ4n) is 2.00. The molecule has 0 atom stereocenters. The summed E-state index contributed by atoms with van der Waals surface area (Å²) in [6.45, 7) is 2.10. The number of H-pyrrole nitrogens is 1. The molecule has 3 aromatic rings. The fraction of sp³-hybridized carbons (Fsp3) is 0.154. The Labute approximate surface area is 128 Å². The Morgan fingerprint density at radius 1 is 1.35 bits per heavy atom. The quantitative estimate of drug-likeness (QED) is 0.697. The molecular weight excluding hydrogens is 342 g/mol.